The smallest absolute Gasteiger partial charge is 0.254 e. The van der Waals surface area contributed by atoms with Crippen LogP contribution in [-0.4, -0.2) is 36.0 Å². The van der Waals surface area contributed by atoms with Crippen molar-refractivity contribution in [2.45, 2.75) is 38.8 Å². The SMILES string of the molecule is CCC1CN(C(=O)c2ccc(Cl)c(Cl)c2)C(CC)CN1. The third-order valence-electron chi connectivity index (χ3n) is 3.89. The zero-order valence-corrected chi connectivity index (χ0v) is 13.3. The zero-order valence-electron chi connectivity index (χ0n) is 11.8. The quantitative estimate of drug-likeness (QED) is 0.924. The molecule has 1 heterocycles. The third kappa shape index (κ3) is 3.27. The van der Waals surface area contributed by atoms with Gasteiger partial charge >= 0.3 is 0 Å². The van der Waals surface area contributed by atoms with Crippen LogP contribution in [0.3, 0.4) is 0 Å². The van der Waals surface area contributed by atoms with Crippen LogP contribution in [0, 0.1) is 0 Å². The topological polar surface area (TPSA) is 32.3 Å². The maximum absolute atomic E-state index is 12.7. The molecule has 0 saturated carbocycles. The van der Waals surface area contributed by atoms with E-state index in [1.807, 2.05) is 4.90 Å². The first-order chi connectivity index (χ1) is 9.56. The molecule has 2 atom stereocenters. The second-order valence-electron chi connectivity index (χ2n) is 5.16. The first-order valence-corrected chi connectivity index (χ1v) is 7.81. The first-order valence-electron chi connectivity index (χ1n) is 7.06. The number of benzene rings is 1. The highest BCUT2D eigenvalue weighted by molar-refractivity contribution is 6.42. The Bertz CT molecular complexity index is 493. The zero-order chi connectivity index (χ0) is 14.7. The van der Waals surface area contributed by atoms with Gasteiger partial charge in [-0.1, -0.05) is 37.0 Å². The highest BCUT2D eigenvalue weighted by Crippen LogP contribution is 2.24. The number of carbonyl (C=O) groups is 1. The number of rotatable bonds is 3. The van der Waals surface area contributed by atoms with E-state index in [4.69, 9.17) is 23.2 Å². The van der Waals surface area contributed by atoms with Crippen LogP contribution in [0.25, 0.3) is 0 Å². The van der Waals surface area contributed by atoms with Gasteiger partial charge in [-0.25, -0.2) is 0 Å². The molecule has 3 nitrogen and oxygen atoms in total. The summed E-state index contributed by atoms with van der Waals surface area (Å²) < 4.78 is 0. The summed E-state index contributed by atoms with van der Waals surface area (Å²) >= 11 is 11.9. The fraction of sp³-hybridized carbons (Fsp3) is 0.533. The molecule has 0 radical (unpaired) electrons. The summed E-state index contributed by atoms with van der Waals surface area (Å²) in [7, 11) is 0. The summed E-state index contributed by atoms with van der Waals surface area (Å²) in [5.74, 6) is 0.0374. The van der Waals surface area contributed by atoms with Crippen LogP contribution in [0.2, 0.25) is 10.0 Å². The number of hydrogen-bond acceptors (Lipinski definition) is 2. The van der Waals surface area contributed by atoms with Gasteiger partial charge in [0.2, 0.25) is 0 Å². The number of hydrogen-bond donors (Lipinski definition) is 1. The molecule has 0 aromatic heterocycles. The van der Waals surface area contributed by atoms with E-state index in [-0.39, 0.29) is 11.9 Å². The second-order valence-corrected chi connectivity index (χ2v) is 5.98. The van der Waals surface area contributed by atoms with E-state index in [9.17, 15) is 4.79 Å². The number of piperazine rings is 1. The molecular formula is C15H20Cl2N2O. The number of nitrogens with zero attached hydrogens (tertiary/aromatic N) is 1. The van der Waals surface area contributed by atoms with Gasteiger partial charge in [0, 0.05) is 30.7 Å². The normalized spacial score (nSPS) is 22.9. The van der Waals surface area contributed by atoms with Gasteiger partial charge in [0.1, 0.15) is 0 Å². The van der Waals surface area contributed by atoms with Gasteiger partial charge in [-0.05, 0) is 31.0 Å². The Morgan fingerprint density at radius 1 is 1.30 bits per heavy atom. The lowest BCUT2D eigenvalue weighted by Crippen LogP contribution is -2.57. The van der Waals surface area contributed by atoms with Crippen molar-refractivity contribution < 1.29 is 4.79 Å². The lowest BCUT2D eigenvalue weighted by atomic mass is 10.0. The van der Waals surface area contributed by atoms with Gasteiger partial charge < -0.3 is 10.2 Å². The average molecular weight is 315 g/mol. The molecule has 1 fully saturated rings. The van der Waals surface area contributed by atoms with Crippen molar-refractivity contribution >= 4 is 29.1 Å². The molecule has 110 valence electrons. The van der Waals surface area contributed by atoms with Crippen molar-refractivity contribution in [3.8, 4) is 0 Å². The lowest BCUT2D eigenvalue weighted by molar-refractivity contribution is 0.0576. The largest absolute Gasteiger partial charge is 0.333 e. The van der Waals surface area contributed by atoms with Gasteiger partial charge in [0.15, 0.2) is 0 Å². The Hall–Kier alpha value is -0.770. The van der Waals surface area contributed by atoms with E-state index in [2.05, 4.69) is 19.2 Å². The van der Waals surface area contributed by atoms with Crippen LogP contribution < -0.4 is 5.32 Å². The molecule has 1 aliphatic rings. The number of nitrogens with one attached hydrogen (secondary N) is 1. The molecule has 0 spiro atoms. The van der Waals surface area contributed by atoms with Gasteiger partial charge in [-0.15, -0.1) is 0 Å². The molecule has 1 saturated heterocycles. The van der Waals surface area contributed by atoms with Crippen LogP contribution >= 0.6 is 23.2 Å². The van der Waals surface area contributed by atoms with Gasteiger partial charge in [-0.2, -0.15) is 0 Å². The molecule has 5 heteroatoms. The van der Waals surface area contributed by atoms with E-state index in [1.54, 1.807) is 18.2 Å². The number of halogens is 2. The van der Waals surface area contributed by atoms with E-state index in [1.165, 1.54) is 0 Å². The van der Waals surface area contributed by atoms with Crippen molar-refractivity contribution in [3.63, 3.8) is 0 Å². The van der Waals surface area contributed by atoms with E-state index < -0.39 is 0 Å². The average Bonchev–Trinajstić information content (AvgIpc) is 2.48. The summed E-state index contributed by atoms with van der Waals surface area (Å²) in [4.78, 5) is 14.7. The van der Waals surface area contributed by atoms with Crippen LogP contribution in [-0.2, 0) is 0 Å². The van der Waals surface area contributed by atoms with Crippen LogP contribution in [0.1, 0.15) is 37.0 Å². The summed E-state index contributed by atoms with van der Waals surface area (Å²) in [6.45, 7) is 5.83. The minimum Gasteiger partial charge on any atom is -0.333 e. The second kappa shape index (κ2) is 6.79. The molecule has 1 N–H and O–H groups in total. The first kappa shape index (κ1) is 15.6. The van der Waals surface area contributed by atoms with E-state index in [0.29, 0.717) is 21.7 Å². The predicted molar refractivity (Wildman–Crippen MR) is 83.7 cm³/mol. The van der Waals surface area contributed by atoms with Gasteiger partial charge in [-0.3, -0.25) is 4.79 Å². The number of amides is 1. The summed E-state index contributed by atoms with van der Waals surface area (Å²) in [5.41, 5.74) is 0.606. The van der Waals surface area contributed by atoms with Crippen molar-refractivity contribution in [1.82, 2.24) is 10.2 Å². The molecule has 2 rings (SSSR count). The minimum atomic E-state index is 0.0374. The standard InChI is InChI=1S/C15H20Cl2N2O/c1-3-11-9-19(12(4-2)8-18-11)15(20)10-5-6-13(16)14(17)7-10/h5-7,11-12,18H,3-4,8-9H2,1-2H3. The Labute approximate surface area is 130 Å². The fourth-order valence-corrected chi connectivity index (χ4v) is 2.84. The molecule has 0 aliphatic carbocycles. The molecule has 0 bridgehead atoms. The van der Waals surface area contributed by atoms with Gasteiger partial charge in [0.25, 0.3) is 5.91 Å². The van der Waals surface area contributed by atoms with Gasteiger partial charge in [0.05, 0.1) is 10.0 Å². The van der Waals surface area contributed by atoms with Crippen LogP contribution in [0.5, 0.6) is 0 Å². The highest BCUT2D eigenvalue weighted by atomic mass is 35.5. The molecule has 2 unspecified atom stereocenters. The molecule has 1 aromatic carbocycles. The third-order valence-corrected chi connectivity index (χ3v) is 4.63. The molecule has 1 aromatic rings. The van der Waals surface area contributed by atoms with Crippen molar-refractivity contribution in [3.05, 3.63) is 33.8 Å². The Morgan fingerprint density at radius 3 is 2.65 bits per heavy atom. The Balaban J connectivity index is 2.22. The lowest BCUT2D eigenvalue weighted by Gasteiger charge is -2.40. The highest BCUT2D eigenvalue weighted by Gasteiger charge is 2.30. The van der Waals surface area contributed by atoms with Crippen molar-refractivity contribution in [2.24, 2.45) is 0 Å². The number of carbonyl (C=O) groups excluding carboxylic acids is 1. The molecule has 20 heavy (non-hydrogen) atoms. The predicted octanol–water partition coefficient (Wildman–Crippen LogP) is 3.60. The Morgan fingerprint density at radius 2 is 2.05 bits per heavy atom. The summed E-state index contributed by atoms with van der Waals surface area (Å²) in [6.07, 6.45) is 1.96. The maximum Gasteiger partial charge on any atom is 0.254 e. The monoisotopic (exact) mass is 314 g/mol. The van der Waals surface area contributed by atoms with Crippen LogP contribution in [0.15, 0.2) is 18.2 Å². The Kier molecular flexibility index (Phi) is 5.30. The molecular weight excluding hydrogens is 295 g/mol. The summed E-state index contributed by atoms with van der Waals surface area (Å²) in [5, 5.41) is 4.38. The fourth-order valence-electron chi connectivity index (χ4n) is 2.55. The minimum absolute atomic E-state index is 0.0374. The van der Waals surface area contributed by atoms with Crippen molar-refractivity contribution in [2.75, 3.05) is 13.1 Å². The molecule has 1 amide bonds. The van der Waals surface area contributed by atoms with Crippen molar-refractivity contribution in [1.29, 1.82) is 0 Å². The van der Waals surface area contributed by atoms with E-state index in [0.717, 1.165) is 25.9 Å². The molecule has 1 aliphatic heterocycles. The summed E-state index contributed by atoms with van der Waals surface area (Å²) in [6, 6.07) is 5.68. The van der Waals surface area contributed by atoms with Crippen LogP contribution in [0.4, 0.5) is 0 Å². The maximum atomic E-state index is 12.7. The van der Waals surface area contributed by atoms with E-state index >= 15 is 0 Å².